The lowest BCUT2D eigenvalue weighted by Gasteiger charge is -2.07. The number of rotatable bonds is 4. The molecule has 2 aromatic heterocycles. The molecule has 4 aromatic rings. The lowest BCUT2D eigenvalue weighted by atomic mass is 10.1. The Balaban J connectivity index is 1.81. The maximum absolute atomic E-state index is 10.9. The summed E-state index contributed by atoms with van der Waals surface area (Å²) in [6.07, 6.45) is 1.43. The van der Waals surface area contributed by atoms with Gasteiger partial charge < -0.3 is 4.74 Å². The maximum Gasteiger partial charge on any atom is 0.273 e. The highest BCUT2D eigenvalue weighted by atomic mass is 32.1. The molecule has 122 valence electrons. The lowest BCUT2D eigenvalue weighted by molar-refractivity contribution is -0.384. The van der Waals surface area contributed by atoms with Crippen molar-refractivity contribution in [3.63, 3.8) is 0 Å². The second kappa shape index (κ2) is 6.29. The fourth-order valence-corrected chi connectivity index (χ4v) is 3.43. The molecule has 0 aliphatic carbocycles. The molecule has 0 atom stereocenters. The summed E-state index contributed by atoms with van der Waals surface area (Å²) in [6.45, 7) is 0. The van der Waals surface area contributed by atoms with Gasteiger partial charge in [-0.3, -0.25) is 10.1 Å². The fraction of sp³-hybridized carbons (Fsp3) is 0. The van der Waals surface area contributed by atoms with E-state index in [1.54, 1.807) is 12.1 Å². The monoisotopic (exact) mass is 349 g/mol. The molecular formula is C18H11N3O3S. The summed E-state index contributed by atoms with van der Waals surface area (Å²) in [4.78, 5) is 19.8. The van der Waals surface area contributed by atoms with Gasteiger partial charge in [0.2, 0.25) is 5.88 Å². The smallest absolute Gasteiger partial charge is 0.273 e. The highest BCUT2D eigenvalue weighted by Crippen LogP contribution is 2.39. The first-order chi connectivity index (χ1) is 12.2. The number of nitro benzene ring substituents is 1. The third-order valence-corrected chi connectivity index (χ3v) is 4.55. The molecule has 2 aromatic carbocycles. The maximum atomic E-state index is 10.9. The number of hydrogen-bond acceptors (Lipinski definition) is 6. The van der Waals surface area contributed by atoms with Crippen LogP contribution in [-0.4, -0.2) is 14.9 Å². The SMILES string of the molecule is O=[N+]([O-])c1cccc(Oc2ncnc3scc(-c4ccccc4)c23)c1. The molecule has 0 spiro atoms. The van der Waals surface area contributed by atoms with Crippen LogP contribution < -0.4 is 4.74 Å². The van der Waals surface area contributed by atoms with Crippen LogP contribution in [0.1, 0.15) is 0 Å². The molecule has 0 N–H and O–H groups in total. The molecule has 0 radical (unpaired) electrons. The summed E-state index contributed by atoms with van der Waals surface area (Å²) < 4.78 is 5.85. The van der Waals surface area contributed by atoms with Crippen LogP contribution in [0.4, 0.5) is 5.69 Å². The Labute approximate surface area is 146 Å². The molecule has 0 aliphatic rings. The Morgan fingerprint density at radius 2 is 1.88 bits per heavy atom. The number of non-ortho nitro benzene ring substituents is 1. The number of fused-ring (bicyclic) bond motifs is 1. The topological polar surface area (TPSA) is 78.2 Å². The van der Waals surface area contributed by atoms with Crippen molar-refractivity contribution in [1.82, 2.24) is 9.97 Å². The van der Waals surface area contributed by atoms with Crippen LogP contribution in [0.3, 0.4) is 0 Å². The van der Waals surface area contributed by atoms with E-state index in [0.29, 0.717) is 11.6 Å². The third-order valence-electron chi connectivity index (χ3n) is 3.66. The quantitative estimate of drug-likeness (QED) is 0.380. The second-order valence-electron chi connectivity index (χ2n) is 5.23. The number of aromatic nitrogens is 2. The van der Waals surface area contributed by atoms with Gasteiger partial charge in [-0.15, -0.1) is 11.3 Å². The van der Waals surface area contributed by atoms with E-state index < -0.39 is 4.92 Å². The van der Waals surface area contributed by atoms with Crippen molar-refractivity contribution >= 4 is 27.2 Å². The summed E-state index contributed by atoms with van der Waals surface area (Å²) in [5.74, 6) is 0.741. The normalized spacial score (nSPS) is 10.7. The molecule has 0 saturated carbocycles. The summed E-state index contributed by atoms with van der Waals surface area (Å²) in [5, 5.41) is 13.7. The Kier molecular flexibility index (Phi) is 3.83. The van der Waals surface area contributed by atoms with E-state index >= 15 is 0 Å². The fourth-order valence-electron chi connectivity index (χ4n) is 2.53. The Bertz CT molecular complexity index is 1060. The predicted octanol–water partition coefficient (Wildman–Crippen LogP) is 5.06. The van der Waals surface area contributed by atoms with Gasteiger partial charge in [0.1, 0.15) is 16.9 Å². The third kappa shape index (κ3) is 2.92. The number of nitrogens with zero attached hydrogens (tertiary/aromatic N) is 3. The van der Waals surface area contributed by atoms with E-state index in [2.05, 4.69) is 9.97 Å². The van der Waals surface area contributed by atoms with Crippen LogP contribution in [0.15, 0.2) is 66.3 Å². The molecule has 0 bridgehead atoms. The van der Waals surface area contributed by atoms with Gasteiger partial charge in [0.05, 0.1) is 16.4 Å². The van der Waals surface area contributed by atoms with Gasteiger partial charge in [-0.1, -0.05) is 36.4 Å². The van der Waals surface area contributed by atoms with E-state index in [4.69, 9.17) is 4.74 Å². The van der Waals surface area contributed by atoms with E-state index in [1.165, 1.54) is 29.8 Å². The van der Waals surface area contributed by atoms with E-state index in [-0.39, 0.29) is 5.69 Å². The second-order valence-corrected chi connectivity index (χ2v) is 6.09. The highest BCUT2D eigenvalue weighted by molar-refractivity contribution is 7.17. The number of nitro groups is 1. The van der Waals surface area contributed by atoms with Crippen LogP contribution >= 0.6 is 11.3 Å². The molecular weight excluding hydrogens is 338 g/mol. The molecule has 2 heterocycles. The summed E-state index contributed by atoms with van der Waals surface area (Å²) in [6, 6.07) is 15.9. The number of benzene rings is 2. The van der Waals surface area contributed by atoms with Crippen molar-refractivity contribution < 1.29 is 9.66 Å². The first-order valence-electron chi connectivity index (χ1n) is 7.42. The van der Waals surface area contributed by atoms with E-state index in [0.717, 1.165) is 21.3 Å². The standard InChI is InChI=1S/C18H11N3O3S/c22-21(23)13-7-4-8-14(9-13)24-17-16-15(12-5-2-1-3-6-12)10-25-18(16)20-11-19-17/h1-11H. The van der Waals surface area contributed by atoms with Crippen LogP contribution in [0.25, 0.3) is 21.3 Å². The predicted molar refractivity (Wildman–Crippen MR) is 96.0 cm³/mol. The highest BCUT2D eigenvalue weighted by Gasteiger charge is 2.15. The van der Waals surface area contributed by atoms with Gasteiger partial charge in [-0.05, 0) is 11.6 Å². The molecule has 0 fully saturated rings. The minimum atomic E-state index is -0.456. The first-order valence-corrected chi connectivity index (χ1v) is 8.30. The zero-order chi connectivity index (χ0) is 17.2. The van der Waals surface area contributed by atoms with Crippen molar-refractivity contribution in [3.8, 4) is 22.8 Å². The molecule has 0 saturated heterocycles. The molecule has 0 amide bonds. The van der Waals surface area contributed by atoms with Gasteiger partial charge in [0.15, 0.2) is 0 Å². The average Bonchev–Trinajstić information content (AvgIpc) is 3.08. The van der Waals surface area contributed by atoms with Crippen molar-refractivity contribution in [1.29, 1.82) is 0 Å². The van der Waals surface area contributed by atoms with Gasteiger partial charge in [0.25, 0.3) is 5.69 Å². The van der Waals surface area contributed by atoms with Gasteiger partial charge >= 0.3 is 0 Å². The van der Waals surface area contributed by atoms with Crippen LogP contribution in [-0.2, 0) is 0 Å². The molecule has 4 rings (SSSR count). The van der Waals surface area contributed by atoms with E-state index in [1.807, 2.05) is 35.7 Å². The zero-order valence-corrected chi connectivity index (χ0v) is 13.6. The van der Waals surface area contributed by atoms with Gasteiger partial charge in [0, 0.05) is 17.0 Å². The average molecular weight is 349 g/mol. The van der Waals surface area contributed by atoms with Gasteiger partial charge in [-0.25, -0.2) is 9.97 Å². The number of ether oxygens (including phenoxy) is 1. The number of hydrogen-bond donors (Lipinski definition) is 0. The van der Waals surface area contributed by atoms with Crippen molar-refractivity contribution in [2.45, 2.75) is 0 Å². The van der Waals surface area contributed by atoms with Crippen LogP contribution in [0.5, 0.6) is 11.6 Å². The summed E-state index contributed by atoms with van der Waals surface area (Å²) >= 11 is 1.50. The summed E-state index contributed by atoms with van der Waals surface area (Å²) in [5.41, 5.74) is 1.98. The van der Waals surface area contributed by atoms with Crippen LogP contribution in [0, 0.1) is 10.1 Å². The molecule has 7 heteroatoms. The molecule has 25 heavy (non-hydrogen) atoms. The first kappa shape index (κ1) is 15.2. The van der Waals surface area contributed by atoms with Crippen LogP contribution in [0.2, 0.25) is 0 Å². The number of thiophene rings is 1. The van der Waals surface area contributed by atoms with Gasteiger partial charge in [-0.2, -0.15) is 0 Å². The Morgan fingerprint density at radius 1 is 1.04 bits per heavy atom. The minimum absolute atomic E-state index is 0.0311. The zero-order valence-electron chi connectivity index (χ0n) is 12.8. The Hall–Kier alpha value is -3.32. The largest absolute Gasteiger partial charge is 0.438 e. The molecule has 6 nitrogen and oxygen atoms in total. The lowest BCUT2D eigenvalue weighted by Crippen LogP contribution is -1.92. The molecule has 0 aliphatic heterocycles. The summed E-state index contributed by atoms with van der Waals surface area (Å²) in [7, 11) is 0. The van der Waals surface area contributed by atoms with Crippen molar-refractivity contribution in [2.24, 2.45) is 0 Å². The Morgan fingerprint density at radius 3 is 2.68 bits per heavy atom. The minimum Gasteiger partial charge on any atom is -0.438 e. The van der Waals surface area contributed by atoms with E-state index in [9.17, 15) is 10.1 Å². The van der Waals surface area contributed by atoms with Crippen molar-refractivity contribution in [3.05, 3.63) is 76.4 Å². The molecule has 0 unspecified atom stereocenters. The van der Waals surface area contributed by atoms with Crippen molar-refractivity contribution in [2.75, 3.05) is 0 Å².